The van der Waals surface area contributed by atoms with Gasteiger partial charge in [0, 0.05) is 24.5 Å². The number of hydrogen-bond donors (Lipinski definition) is 0. The molecular formula is C17H18N2O2. The number of aromatic nitrogens is 1. The average Bonchev–Trinajstić information content (AvgIpc) is 2.53. The summed E-state index contributed by atoms with van der Waals surface area (Å²) >= 11 is 0. The Morgan fingerprint density at radius 2 is 2.14 bits per heavy atom. The number of hydrogen-bond acceptors (Lipinski definition) is 3. The molecule has 0 saturated carbocycles. The van der Waals surface area contributed by atoms with Gasteiger partial charge in [-0.25, -0.2) is 4.98 Å². The van der Waals surface area contributed by atoms with Crippen LogP contribution >= 0.6 is 0 Å². The zero-order valence-electron chi connectivity index (χ0n) is 12.3. The Hall–Kier alpha value is -2.36. The van der Waals surface area contributed by atoms with Gasteiger partial charge >= 0.3 is 0 Å². The summed E-state index contributed by atoms with van der Waals surface area (Å²) in [7, 11) is 1.57. The minimum absolute atomic E-state index is 0.0376. The first kappa shape index (κ1) is 13.6. The number of para-hydroxylation sites is 1. The first-order valence-corrected chi connectivity index (χ1v) is 7.07. The summed E-state index contributed by atoms with van der Waals surface area (Å²) < 4.78 is 5.22. The van der Waals surface area contributed by atoms with Crippen molar-refractivity contribution in [2.45, 2.75) is 13.3 Å². The first-order valence-electron chi connectivity index (χ1n) is 7.07. The number of pyridine rings is 1. The van der Waals surface area contributed by atoms with E-state index in [2.05, 4.69) is 18.0 Å². The van der Waals surface area contributed by atoms with Crippen LogP contribution in [0.2, 0.25) is 0 Å². The number of amides is 1. The van der Waals surface area contributed by atoms with E-state index in [9.17, 15) is 4.79 Å². The lowest BCUT2D eigenvalue weighted by Gasteiger charge is -2.26. The maximum Gasteiger partial charge on any atom is 0.255 e. The lowest BCUT2D eigenvalue weighted by molar-refractivity contribution is 0.0770. The molecule has 0 N–H and O–H groups in total. The van der Waals surface area contributed by atoms with Gasteiger partial charge in [0.2, 0.25) is 5.88 Å². The van der Waals surface area contributed by atoms with Crippen molar-refractivity contribution in [1.82, 2.24) is 9.88 Å². The summed E-state index contributed by atoms with van der Waals surface area (Å²) in [6.07, 6.45) is 3.05. The third-order valence-corrected chi connectivity index (χ3v) is 3.86. The summed E-state index contributed by atoms with van der Waals surface area (Å²) in [6.45, 7) is 3.54. The van der Waals surface area contributed by atoms with E-state index in [0.717, 1.165) is 23.9 Å². The molecule has 4 nitrogen and oxygen atoms in total. The van der Waals surface area contributed by atoms with Gasteiger partial charge in [-0.2, -0.15) is 0 Å². The average molecular weight is 282 g/mol. The van der Waals surface area contributed by atoms with Gasteiger partial charge in [0.25, 0.3) is 5.91 Å². The number of nitrogens with zero attached hydrogens (tertiary/aromatic N) is 2. The number of carbonyl (C=O) groups is 1. The zero-order chi connectivity index (χ0) is 14.8. The number of methoxy groups -OCH3 is 1. The topological polar surface area (TPSA) is 42.4 Å². The summed E-state index contributed by atoms with van der Waals surface area (Å²) in [6, 6.07) is 9.40. The van der Waals surface area contributed by atoms with E-state index < -0.39 is 0 Å². The Kier molecular flexibility index (Phi) is 3.60. The standard InChI is InChI=1S/C17H18N2O2/c1-12-7-9-19(10-8-12)17(20)14-11-16(21-2)18-15-6-4-3-5-13(14)15/h3-7,11H,8-10H2,1-2H3. The Bertz CT molecular complexity index is 722. The minimum Gasteiger partial charge on any atom is -0.481 e. The molecule has 1 aliphatic rings. The number of rotatable bonds is 2. The maximum atomic E-state index is 12.8. The van der Waals surface area contributed by atoms with Crippen molar-refractivity contribution in [1.29, 1.82) is 0 Å². The Labute approximate surface area is 124 Å². The third kappa shape index (κ3) is 2.61. The highest BCUT2D eigenvalue weighted by Crippen LogP contribution is 2.24. The van der Waals surface area contributed by atoms with Gasteiger partial charge < -0.3 is 9.64 Å². The predicted molar refractivity (Wildman–Crippen MR) is 82.6 cm³/mol. The van der Waals surface area contributed by atoms with Crippen molar-refractivity contribution < 1.29 is 9.53 Å². The van der Waals surface area contributed by atoms with Gasteiger partial charge in [-0.3, -0.25) is 4.79 Å². The Morgan fingerprint density at radius 3 is 2.86 bits per heavy atom. The molecule has 3 rings (SSSR count). The molecule has 1 aromatic carbocycles. The maximum absolute atomic E-state index is 12.8. The number of carbonyl (C=O) groups excluding carboxylic acids is 1. The molecule has 108 valence electrons. The minimum atomic E-state index is 0.0376. The van der Waals surface area contributed by atoms with E-state index in [4.69, 9.17) is 4.74 Å². The van der Waals surface area contributed by atoms with Crippen molar-refractivity contribution in [3.63, 3.8) is 0 Å². The van der Waals surface area contributed by atoms with Crippen molar-refractivity contribution in [3.8, 4) is 5.88 Å². The lowest BCUT2D eigenvalue weighted by atomic mass is 10.1. The molecule has 0 bridgehead atoms. The fourth-order valence-corrected chi connectivity index (χ4v) is 2.56. The summed E-state index contributed by atoms with van der Waals surface area (Å²) in [4.78, 5) is 19.1. The summed E-state index contributed by atoms with van der Waals surface area (Å²) in [5, 5.41) is 0.870. The zero-order valence-corrected chi connectivity index (χ0v) is 12.3. The molecule has 2 heterocycles. The van der Waals surface area contributed by atoms with Crippen LogP contribution in [0.5, 0.6) is 5.88 Å². The van der Waals surface area contributed by atoms with E-state index in [1.807, 2.05) is 29.2 Å². The molecule has 2 aromatic rings. The molecule has 1 amide bonds. The van der Waals surface area contributed by atoms with Gasteiger partial charge in [0.05, 0.1) is 18.2 Å². The van der Waals surface area contributed by atoms with Gasteiger partial charge in [0.1, 0.15) is 0 Å². The van der Waals surface area contributed by atoms with Crippen molar-refractivity contribution in [3.05, 3.63) is 47.5 Å². The smallest absolute Gasteiger partial charge is 0.255 e. The third-order valence-electron chi connectivity index (χ3n) is 3.86. The highest BCUT2D eigenvalue weighted by molar-refractivity contribution is 6.06. The van der Waals surface area contributed by atoms with Crippen LogP contribution in [0.15, 0.2) is 42.0 Å². The quantitative estimate of drug-likeness (QED) is 0.795. The van der Waals surface area contributed by atoms with Crippen LogP contribution in [-0.4, -0.2) is 36.0 Å². The molecular weight excluding hydrogens is 264 g/mol. The van der Waals surface area contributed by atoms with E-state index in [1.54, 1.807) is 13.2 Å². The van der Waals surface area contributed by atoms with Crippen LogP contribution < -0.4 is 4.74 Å². The normalized spacial score (nSPS) is 15.0. The summed E-state index contributed by atoms with van der Waals surface area (Å²) in [5.74, 6) is 0.511. The number of fused-ring (bicyclic) bond motifs is 1. The van der Waals surface area contributed by atoms with Gasteiger partial charge in [-0.1, -0.05) is 29.8 Å². The summed E-state index contributed by atoms with van der Waals surface area (Å²) in [5.41, 5.74) is 2.78. The van der Waals surface area contributed by atoms with Crippen LogP contribution in [-0.2, 0) is 0 Å². The predicted octanol–water partition coefficient (Wildman–Crippen LogP) is 3.04. The van der Waals surface area contributed by atoms with Crippen molar-refractivity contribution in [2.75, 3.05) is 20.2 Å². The van der Waals surface area contributed by atoms with Crippen molar-refractivity contribution in [2.24, 2.45) is 0 Å². The van der Waals surface area contributed by atoms with Crippen LogP contribution in [0.25, 0.3) is 10.9 Å². The fourth-order valence-electron chi connectivity index (χ4n) is 2.56. The van der Waals surface area contributed by atoms with Gasteiger partial charge in [-0.15, -0.1) is 0 Å². The van der Waals surface area contributed by atoms with Crippen LogP contribution in [0.1, 0.15) is 23.7 Å². The van der Waals surface area contributed by atoms with E-state index in [1.165, 1.54) is 5.57 Å². The van der Waals surface area contributed by atoms with E-state index >= 15 is 0 Å². The fraction of sp³-hybridized carbons (Fsp3) is 0.294. The molecule has 1 aliphatic heterocycles. The first-order chi connectivity index (χ1) is 10.2. The Balaban J connectivity index is 2.04. The number of benzene rings is 1. The number of ether oxygens (including phenoxy) is 1. The highest BCUT2D eigenvalue weighted by atomic mass is 16.5. The van der Waals surface area contributed by atoms with Crippen LogP contribution in [0.3, 0.4) is 0 Å². The molecule has 0 unspecified atom stereocenters. The molecule has 0 spiro atoms. The largest absolute Gasteiger partial charge is 0.481 e. The second kappa shape index (κ2) is 5.56. The van der Waals surface area contributed by atoms with E-state index in [-0.39, 0.29) is 5.91 Å². The van der Waals surface area contributed by atoms with Gasteiger partial charge in [-0.05, 0) is 19.4 Å². The lowest BCUT2D eigenvalue weighted by Crippen LogP contribution is -2.34. The Morgan fingerprint density at radius 1 is 1.33 bits per heavy atom. The van der Waals surface area contributed by atoms with Gasteiger partial charge in [0.15, 0.2) is 0 Å². The monoisotopic (exact) mass is 282 g/mol. The molecule has 0 saturated heterocycles. The van der Waals surface area contributed by atoms with Crippen molar-refractivity contribution >= 4 is 16.8 Å². The molecule has 1 aromatic heterocycles. The van der Waals surface area contributed by atoms with E-state index in [0.29, 0.717) is 18.0 Å². The molecule has 0 fully saturated rings. The molecule has 0 aliphatic carbocycles. The van der Waals surface area contributed by atoms with Crippen LogP contribution in [0.4, 0.5) is 0 Å². The second-order valence-electron chi connectivity index (χ2n) is 5.28. The molecule has 21 heavy (non-hydrogen) atoms. The molecule has 0 atom stereocenters. The van der Waals surface area contributed by atoms with Crippen LogP contribution in [0, 0.1) is 0 Å². The second-order valence-corrected chi connectivity index (χ2v) is 5.28. The molecule has 0 radical (unpaired) electrons. The highest BCUT2D eigenvalue weighted by Gasteiger charge is 2.20. The molecule has 4 heteroatoms. The SMILES string of the molecule is COc1cc(C(=O)N2CC=C(C)CC2)c2ccccc2n1.